The van der Waals surface area contributed by atoms with Gasteiger partial charge >= 0.3 is 0 Å². The van der Waals surface area contributed by atoms with Crippen LogP contribution in [0.15, 0.2) is 30.7 Å². The fraction of sp³-hybridized carbons (Fsp3) is 0.308. The summed E-state index contributed by atoms with van der Waals surface area (Å²) >= 11 is 0. The first kappa shape index (κ1) is 12.7. The van der Waals surface area contributed by atoms with Gasteiger partial charge in [-0.25, -0.2) is 13.8 Å². The quantitative estimate of drug-likeness (QED) is 0.857. The van der Waals surface area contributed by atoms with Gasteiger partial charge < -0.3 is 10.3 Å². The summed E-state index contributed by atoms with van der Waals surface area (Å²) in [7, 11) is 0. The first-order valence-corrected chi connectivity index (χ1v) is 5.82. The molecule has 2 N–H and O–H groups in total. The number of hydrogen-bond donors (Lipinski definition) is 2. The molecule has 18 heavy (non-hydrogen) atoms. The van der Waals surface area contributed by atoms with Crippen molar-refractivity contribution in [1.29, 1.82) is 0 Å². The van der Waals surface area contributed by atoms with Crippen molar-refractivity contribution in [1.82, 2.24) is 15.3 Å². The Morgan fingerprint density at radius 1 is 1.39 bits per heavy atom. The molecule has 2 aromatic rings. The highest BCUT2D eigenvalue weighted by Crippen LogP contribution is 2.17. The lowest BCUT2D eigenvalue weighted by Crippen LogP contribution is -2.22. The largest absolute Gasteiger partial charge is 0.348 e. The van der Waals surface area contributed by atoms with E-state index in [0.29, 0.717) is 12.1 Å². The minimum atomic E-state index is -0.555. The third kappa shape index (κ3) is 3.13. The molecule has 3 nitrogen and oxygen atoms in total. The van der Waals surface area contributed by atoms with Crippen LogP contribution in [-0.4, -0.2) is 16.5 Å². The first-order chi connectivity index (χ1) is 8.66. The molecule has 2 rings (SSSR count). The molecule has 5 heteroatoms. The molecule has 1 atom stereocenters. The number of aromatic nitrogens is 2. The fourth-order valence-corrected chi connectivity index (χ4v) is 1.81. The number of rotatable bonds is 5. The van der Waals surface area contributed by atoms with Crippen molar-refractivity contribution in [3.63, 3.8) is 0 Å². The zero-order valence-corrected chi connectivity index (χ0v) is 10.1. The maximum atomic E-state index is 13.5. The predicted molar refractivity (Wildman–Crippen MR) is 65.1 cm³/mol. The molecule has 0 amide bonds. The molecular formula is C13H15F2N3. The minimum Gasteiger partial charge on any atom is -0.348 e. The van der Waals surface area contributed by atoms with Crippen molar-refractivity contribution in [3.05, 3.63) is 53.6 Å². The smallest absolute Gasteiger partial charge is 0.130 e. The lowest BCUT2D eigenvalue weighted by molar-refractivity contribution is 0.519. The van der Waals surface area contributed by atoms with Crippen LogP contribution in [-0.2, 0) is 6.42 Å². The average Bonchev–Trinajstić information content (AvgIpc) is 2.81. The van der Waals surface area contributed by atoms with Crippen molar-refractivity contribution in [2.75, 3.05) is 6.54 Å². The Kier molecular flexibility index (Phi) is 4.04. The maximum absolute atomic E-state index is 13.5. The summed E-state index contributed by atoms with van der Waals surface area (Å²) in [6.45, 7) is 2.55. The van der Waals surface area contributed by atoms with Crippen LogP contribution < -0.4 is 5.32 Å². The summed E-state index contributed by atoms with van der Waals surface area (Å²) in [5.41, 5.74) is 1.50. The maximum Gasteiger partial charge on any atom is 0.130 e. The highest BCUT2D eigenvalue weighted by Gasteiger charge is 2.10. The second-order valence-electron chi connectivity index (χ2n) is 4.17. The molecule has 0 aliphatic rings. The third-order valence-electron chi connectivity index (χ3n) is 2.83. The fourth-order valence-electron chi connectivity index (χ4n) is 1.81. The summed E-state index contributed by atoms with van der Waals surface area (Å²) in [5.74, 6) is -1.07. The molecule has 0 radical (unpaired) electrons. The number of hydrogen-bond acceptors (Lipinski definition) is 2. The topological polar surface area (TPSA) is 40.7 Å². The van der Waals surface area contributed by atoms with E-state index in [1.165, 1.54) is 12.1 Å². The third-order valence-corrected chi connectivity index (χ3v) is 2.83. The van der Waals surface area contributed by atoms with E-state index in [1.54, 1.807) is 12.5 Å². The van der Waals surface area contributed by atoms with Crippen molar-refractivity contribution < 1.29 is 8.78 Å². The van der Waals surface area contributed by atoms with Crippen LogP contribution in [0.3, 0.4) is 0 Å². The van der Waals surface area contributed by atoms with E-state index in [1.807, 2.05) is 6.92 Å². The van der Waals surface area contributed by atoms with E-state index in [-0.39, 0.29) is 6.04 Å². The van der Waals surface area contributed by atoms with E-state index in [9.17, 15) is 8.78 Å². The summed E-state index contributed by atoms with van der Waals surface area (Å²) < 4.78 is 26.3. The van der Waals surface area contributed by atoms with Gasteiger partial charge in [-0.05, 0) is 13.0 Å². The molecule has 1 heterocycles. The zero-order valence-electron chi connectivity index (χ0n) is 10.1. The van der Waals surface area contributed by atoms with Gasteiger partial charge in [-0.1, -0.05) is 6.07 Å². The van der Waals surface area contributed by atoms with Gasteiger partial charge in [0.15, 0.2) is 0 Å². The number of nitrogens with one attached hydrogen (secondary N) is 2. The van der Waals surface area contributed by atoms with Crippen LogP contribution in [0.2, 0.25) is 0 Å². The van der Waals surface area contributed by atoms with Gasteiger partial charge in [-0.3, -0.25) is 0 Å². The van der Waals surface area contributed by atoms with Crippen molar-refractivity contribution in [3.8, 4) is 0 Å². The Morgan fingerprint density at radius 2 is 2.22 bits per heavy atom. The molecular weight excluding hydrogens is 236 g/mol. The first-order valence-electron chi connectivity index (χ1n) is 5.82. The van der Waals surface area contributed by atoms with E-state index in [4.69, 9.17) is 0 Å². The van der Waals surface area contributed by atoms with E-state index in [2.05, 4.69) is 15.3 Å². The molecule has 96 valence electrons. The van der Waals surface area contributed by atoms with E-state index in [0.717, 1.165) is 18.2 Å². The van der Waals surface area contributed by atoms with Gasteiger partial charge in [0.05, 0.1) is 6.33 Å². The number of halogens is 2. The Hall–Kier alpha value is -1.75. The van der Waals surface area contributed by atoms with Crippen LogP contribution in [0.4, 0.5) is 8.78 Å². The van der Waals surface area contributed by atoms with Crippen molar-refractivity contribution in [2.45, 2.75) is 19.4 Å². The lowest BCUT2D eigenvalue weighted by atomic mass is 10.1. The standard InChI is InChI=1S/C13H15F2N3/c1-9(12-3-2-10(14)6-13(12)15)17-5-4-11-7-16-8-18-11/h2-3,6-9,17H,4-5H2,1H3,(H,16,18). The SMILES string of the molecule is CC(NCCc1cnc[nH]1)c1ccc(F)cc1F. The van der Waals surface area contributed by atoms with Crippen LogP contribution in [0.5, 0.6) is 0 Å². The number of H-pyrrole nitrogens is 1. The molecule has 0 fully saturated rings. The van der Waals surface area contributed by atoms with Gasteiger partial charge in [0, 0.05) is 42.5 Å². The summed E-state index contributed by atoms with van der Waals surface area (Å²) in [6, 6.07) is 3.49. The van der Waals surface area contributed by atoms with E-state index < -0.39 is 11.6 Å². The zero-order chi connectivity index (χ0) is 13.0. The lowest BCUT2D eigenvalue weighted by Gasteiger charge is -2.14. The van der Waals surface area contributed by atoms with Gasteiger partial charge in [-0.2, -0.15) is 0 Å². The van der Waals surface area contributed by atoms with Crippen LogP contribution in [0, 0.1) is 11.6 Å². The van der Waals surface area contributed by atoms with Gasteiger partial charge in [0.1, 0.15) is 11.6 Å². The van der Waals surface area contributed by atoms with Crippen molar-refractivity contribution >= 4 is 0 Å². The highest BCUT2D eigenvalue weighted by molar-refractivity contribution is 5.21. The Balaban J connectivity index is 1.89. The number of aromatic amines is 1. The van der Waals surface area contributed by atoms with E-state index >= 15 is 0 Å². The second kappa shape index (κ2) is 5.73. The predicted octanol–water partition coefficient (Wildman–Crippen LogP) is 2.58. The molecule has 0 spiro atoms. The summed E-state index contributed by atoms with van der Waals surface area (Å²) in [6.07, 6.45) is 4.16. The Bertz CT molecular complexity index is 497. The highest BCUT2D eigenvalue weighted by atomic mass is 19.1. The van der Waals surface area contributed by atoms with Crippen molar-refractivity contribution in [2.24, 2.45) is 0 Å². The molecule has 1 unspecified atom stereocenters. The average molecular weight is 251 g/mol. The van der Waals surface area contributed by atoms with Gasteiger partial charge in [0.25, 0.3) is 0 Å². The summed E-state index contributed by atoms with van der Waals surface area (Å²) in [5, 5.41) is 3.19. The molecule has 0 aliphatic carbocycles. The molecule has 0 saturated heterocycles. The number of imidazole rings is 1. The van der Waals surface area contributed by atoms with Crippen LogP contribution in [0.25, 0.3) is 0 Å². The molecule has 0 bridgehead atoms. The Morgan fingerprint density at radius 3 is 2.89 bits per heavy atom. The normalized spacial score (nSPS) is 12.6. The molecule has 1 aromatic heterocycles. The molecule has 0 saturated carbocycles. The molecule has 1 aromatic carbocycles. The monoisotopic (exact) mass is 251 g/mol. The minimum absolute atomic E-state index is 0.159. The van der Waals surface area contributed by atoms with Gasteiger partial charge in [0.2, 0.25) is 0 Å². The second-order valence-corrected chi connectivity index (χ2v) is 4.17. The Labute approximate surface area is 104 Å². The molecule has 0 aliphatic heterocycles. The van der Waals surface area contributed by atoms with Crippen LogP contribution in [0.1, 0.15) is 24.2 Å². The van der Waals surface area contributed by atoms with Crippen LogP contribution >= 0.6 is 0 Å². The summed E-state index contributed by atoms with van der Waals surface area (Å²) in [4.78, 5) is 6.91. The van der Waals surface area contributed by atoms with Gasteiger partial charge in [-0.15, -0.1) is 0 Å². The number of nitrogens with zero attached hydrogens (tertiary/aromatic N) is 1. The number of benzene rings is 1.